The second-order valence-electron chi connectivity index (χ2n) is 6.35. The number of aromatic nitrogens is 2. The third-order valence-corrected chi connectivity index (χ3v) is 5.19. The largest absolute Gasteiger partial charge is 0.350 e. The fraction of sp³-hybridized carbons (Fsp3) is 0.100. The highest BCUT2D eigenvalue weighted by Crippen LogP contribution is 2.28. The smallest absolute Gasteiger partial charge is 0.270 e. The number of hydrogen-bond donors (Lipinski definition) is 1. The van der Waals surface area contributed by atoms with Crippen LogP contribution >= 0.6 is 11.3 Å². The molecule has 0 aliphatic carbocycles. The number of anilines is 1. The zero-order valence-corrected chi connectivity index (χ0v) is 15.8. The summed E-state index contributed by atoms with van der Waals surface area (Å²) in [6, 6.07) is 14.2. The van der Waals surface area contributed by atoms with Gasteiger partial charge in [0, 0.05) is 47.2 Å². The summed E-state index contributed by atoms with van der Waals surface area (Å²) in [4.78, 5) is 27.4. The van der Waals surface area contributed by atoms with E-state index in [0.717, 1.165) is 16.5 Å². The van der Waals surface area contributed by atoms with E-state index >= 15 is 0 Å². The molecule has 0 bridgehead atoms. The predicted octanol–water partition coefficient (Wildman–Crippen LogP) is 4.39. The molecule has 2 aromatic carbocycles. The summed E-state index contributed by atoms with van der Waals surface area (Å²) in [6.45, 7) is 0. The molecule has 0 atom stereocenters. The predicted molar refractivity (Wildman–Crippen MR) is 109 cm³/mol. The second kappa shape index (κ2) is 7.24. The molecule has 4 aromatic rings. The summed E-state index contributed by atoms with van der Waals surface area (Å²) in [5.41, 5.74) is 3.26. The number of hydrogen-bond acceptors (Lipinski definition) is 5. The number of nitro benzene ring substituents is 1. The van der Waals surface area contributed by atoms with Gasteiger partial charge in [0.1, 0.15) is 0 Å². The van der Waals surface area contributed by atoms with Gasteiger partial charge in [-0.15, -0.1) is 11.3 Å². The molecule has 28 heavy (non-hydrogen) atoms. The summed E-state index contributed by atoms with van der Waals surface area (Å²) < 4.78 is 2.00. The number of nitrogens with zero attached hydrogens (tertiary/aromatic N) is 3. The third-order valence-electron chi connectivity index (χ3n) is 4.43. The SMILES string of the molecule is Cn1cc(CC(=O)Nc2nc(-c3cccc([N+](=O)[O-])c3)cs2)c2ccccc21. The molecule has 1 amide bonds. The highest BCUT2D eigenvalue weighted by atomic mass is 32.1. The molecule has 0 aliphatic rings. The minimum atomic E-state index is -0.442. The lowest BCUT2D eigenvalue weighted by Gasteiger charge is -2.01. The fourth-order valence-corrected chi connectivity index (χ4v) is 3.88. The molecule has 7 nitrogen and oxygen atoms in total. The monoisotopic (exact) mass is 392 g/mol. The molecule has 8 heteroatoms. The van der Waals surface area contributed by atoms with Crippen LogP contribution in [0.1, 0.15) is 5.56 Å². The first-order valence-corrected chi connectivity index (χ1v) is 9.42. The maximum absolute atomic E-state index is 12.5. The number of carbonyl (C=O) groups excluding carboxylic acids is 1. The number of fused-ring (bicyclic) bond motifs is 1. The van der Waals surface area contributed by atoms with Gasteiger partial charge in [-0.1, -0.05) is 30.3 Å². The van der Waals surface area contributed by atoms with Gasteiger partial charge in [-0.05, 0) is 11.6 Å². The Morgan fingerprint density at radius 2 is 2.07 bits per heavy atom. The maximum Gasteiger partial charge on any atom is 0.270 e. The van der Waals surface area contributed by atoms with Gasteiger partial charge < -0.3 is 9.88 Å². The molecule has 0 aliphatic heterocycles. The molecule has 140 valence electrons. The molecular formula is C20H16N4O3S. The molecule has 0 saturated carbocycles. The van der Waals surface area contributed by atoms with Gasteiger partial charge in [0.15, 0.2) is 5.13 Å². The standard InChI is InChI=1S/C20H16N4O3S/c1-23-11-14(16-7-2-3-8-18(16)23)10-19(25)22-20-21-17(12-28-20)13-5-4-6-15(9-13)24(26)27/h2-9,11-12H,10H2,1H3,(H,21,22,25). The van der Waals surface area contributed by atoms with Crippen molar-refractivity contribution in [1.82, 2.24) is 9.55 Å². The van der Waals surface area contributed by atoms with Crippen molar-refractivity contribution in [3.05, 3.63) is 75.8 Å². The quantitative estimate of drug-likeness (QED) is 0.403. The molecule has 4 rings (SSSR count). The summed E-state index contributed by atoms with van der Waals surface area (Å²) in [6.07, 6.45) is 2.20. The summed E-state index contributed by atoms with van der Waals surface area (Å²) >= 11 is 1.29. The van der Waals surface area contributed by atoms with Crippen molar-refractivity contribution in [3.63, 3.8) is 0 Å². The number of non-ortho nitro benzene ring substituents is 1. The first-order valence-electron chi connectivity index (χ1n) is 8.54. The number of aryl methyl sites for hydroxylation is 1. The van der Waals surface area contributed by atoms with Gasteiger partial charge in [-0.3, -0.25) is 14.9 Å². The number of amides is 1. The Balaban J connectivity index is 1.50. The van der Waals surface area contributed by atoms with Crippen LogP contribution in [0.25, 0.3) is 22.2 Å². The van der Waals surface area contributed by atoms with Gasteiger partial charge in [-0.2, -0.15) is 0 Å². The summed E-state index contributed by atoms with van der Waals surface area (Å²) in [7, 11) is 1.95. The van der Waals surface area contributed by atoms with Crippen LogP contribution < -0.4 is 5.32 Å². The van der Waals surface area contributed by atoms with Gasteiger partial charge in [0.05, 0.1) is 17.0 Å². The van der Waals surface area contributed by atoms with Crippen LogP contribution in [-0.2, 0) is 18.3 Å². The van der Waals surface area contributed by atoms with Crippen LogP contribution in [-0.4, -0.2) is 20.4 Å². The highest BCUT2D eigenvalue weighted by molar-refractivity contribution is 7.14. The van der Waals surface area contributed by atoms with Gasteiger partial charge in [0.25, 0.3) is 5.69 Å². The Bertz CT molecular complexity index is 1200. The Labute approximate surface area is 164 Å². The zero-order valence-electron chi connectivity index (χ0n) is 15.0. The number of benzene rings is 2. The Morgan fingerprint density at radius 1 is 1.25 bits per heavy atom. The first kappa shape index (κ1) is 17.9. The van der Waals surface area contributed by atoms with Crippen molar-refractivity contribution in [2.45, 2.75) is 6.42 Å². The number of para-hydroxylation sites is 1. The van der Waals surface area contributed by atoms with E-state index in [1.54, 1.807) is 17.5 Å². The van der Waals surface area contributed by atoms with E-state index < -0.39 is 4.92 Å². The maximum atomic E-state index is 12.5. The molecule has 1 N–H and O–H groups in total. The minimum absolute atomic E-state index is 0.00652. The molecule has 0 saturated heterocycles. The molecule has 0 fully saturated rings. The lowest BCUT2D eigenvalue weighted by Crippen LogP contribution is -2.14. The normalized spacial score (nSPS) is 10.9. The van der Waals surface area contributed by atoms with Crippen molar-refractivity contribution in [2.75, 3.05) is 5.32 Å². The van der Waals surface area contributed by atoms with Crippen molar-refractivity contribution in [1.29, 1.82) is 0 Å². The second-order valence-corrected chi connectivity index (χ2v) is 7.21. The molecular weight excluding hydrogens is 376 g/mol. The number of carbonyl (C=O) groups is 1. The third kappa shape index (κ3) is 3.49. The van der Waals surface area contributed by atoms with E-state index in [-0.39, 0.29) is 18.0 Å². The van der Waals surface area contributed by atoms with Crippen molar-refractivity contribution >= 4 is 39.0 Å². The van der Waals surface area contributed by atoms with Crippen LogP contribution in [0.4, 0.5) is 10.8 Å². The molecule has 0 unspecified atom stereocenters. The van der Waals surface area contributed by atoms with Crippen LogP contribution in [0.3, 0.4) is 0 Å². The topological polar surface area (TPSA) is 90.1 Å². The lowest BCUT2D eigenvalue weighted by molar-refractivity contribution is -0.384. The number of nitrogens with one attached hydrogen (secondary N) is 1. The van der Waals surface area contributed by atoms with Crippen molar-refractivity contribution in [2.24, 2.45) is 7.05 Å². The van der Waals surface area contributed by atoms with E-state index in [4.69, 9.17) is 0 Å². The average Bonchev–Trinajstić information content (AvgIpc) is 3.27. The Hall–Kier alpha value is -3.52. The number of thiazole rings is 1. The molecule has 2 heterocycles. The van der Waals surface area contributed by atoms with Crippen LogP contribution in [0.5, 0.6) is 0 Å². The van der Waals surface area contributed by atoms with Gasteiger partial charge in [-0.25, -0.2) is 4.98 Å². The van der Waals surface area contributed by atoms with E-state index in [9.17, 15) is 14.9 Å². The van der Waals surface area contributed by atoms with E-state index in [0.29, 0.717) is 16.4 Å². The summed E-state index contributed by atoms with van der Waals surface area (Å²) in [5, 5.41) is 17.0. The summed E-state index contributed by atoms with van der Waals surface area (Å²) in [5.74, 6) is -0.156. The Kier molecular flexibility index (Phi) is 4.62. The molecule has 2 aromatic heterocycles. The lowest BCUT2D eigenvalue weighted by atomic mass is 10.1. The number of rotatable bonds is 5. The van der Waals surface area contributed by atoms with Crippen LogP contribution in [0.15, 0.2) is 60.1 Å². The van der Waals surface area contributed by atoms with Crippen molar-refractivity contribution < 1.29 is 9.72 Å². The van der Waals surface area contributed by atoms with Gasteiger partial charge >= 0.3 is 0 Å². The van der Waals surface area contributed by atoms with Crippen LogP contribution in [0, 0.1) is 10.1 Å². The van der Waals surface area contributed by atoms with Crippen molar-refractivity contribution in [3.8, 4) is 11.3 Å². The van der Waals surface area contributed by atoms with Gasteiger partial charge in [0.2, 0.25) is 5.91 Å². The fourth-order valence-electron chi connectivity index (χ4n) is 3.15. The average molecular weight is 392 g/mol. The van der Waals surface area contributed by atoms with E-state index in [1.807, 2.05) is 42.1 Å². The van der Waals surface area contributed by atoms with E-state index in [2.05, 4.69) is 10.3 Å². The first-order chi connectivity index (χ1) is 13.5. The zero-order chi connectivity index (χ0) is 19.7. The van der Waals surface area contributed by atoms with Crippen LogP contribution in [0.2, 0.25) is 0 Å². The Morgan fingerprint density at radius 3 is 2.89 bits per heavy atom. The van der Waals surface area contributed by atoms with E-state index in [1.165, 1.54) is 23.5 Å². The highest BCUT2D eigenvalue weighted by Gasteiger charge is 2.14. The molecule has 0 radical (unpaired) electrons. The minimum Gasteiger partial charge on any atom is -0.350 e. The number of nitro groups is 1. The molecule has 0 spiro atoms.